The van der Waals surface area contributed by atoms with E-state index in [9.17, 15) is 0 Å². The summed E-state index contributed by atoms with van der Waals surface area (Å²) in [4.78, 5) is 0. The molecular formula is C14H10BrClS. The molecular weight excluding hydrogens is 316 g/mol. The number of hydrogen-bond acceptors (Lipinski definition) is 1. The van der Waals surface area contributed by atoms with Gasteiger partial charge >= 0.3 is 0 Å². The van der Waals surface area contributed by atoms with Crippen molar-refractivity contribution in [1.82, 2.24) is 0 Å². The van der Waals surface area contributed by atoms with Crippen molar-refractivity contribution in [3.63, 3.8) is 0 Å². The Morgan fingerprint density at radius 1 is 1.12 bits per heavy atom. The maximum absolute atomic E-state index is 6.05. The molecule has 1 heterocycles. The molecule has 1 aromatic heterocycles. The van der Waals surface area contributed by atoms with E-state index < -0.39 is 0 Å². The van der Waals surface area contributed by atoms with E-state index in [1.54, 1.807) is 0 Å². The highest BCUT2D eigenvalue weighted by Crippen LogP contribution is 2.40. The number of hydrogen-bond donors (Lipinski definition) is 0. The zero-order chi connectivity index (χ0) is 12.2. The van der Waals surface area contributed by atoms with Gasteiger partial charge in [0.15, 0.2) is 0 Å². The first-order chi connectivity index (χ1) is 8.08. The van der Waals surface area contributed by atoms with Crippen LogP contribution in [0.1, 0.15) is 11.1 Å². The second-order valence-corrected chi connectivity index (χ2v) is 6.53. The molecule has 0 aliphatic carbocycles. The van der Waals surface area contributed by atoms with Crippen molar-refractivity contribution in [1.29, 1.82) is 0 Å². The van der Waals surface area contributed by atoms with E-state index in [4.69, 9.17) is 11.6 Å². The highest BCUT2D eigenvalue weighted by atomic mass is 79.9. The molecule has 0 N–H and O–H groups in total. The molecule has 2 aromatic carbocycles. The molecule has 86 valence electrons. The summed E-state index contributed by atoms with van der Waals surface area (Å²) in [5.41, 5.74) is 2.60. The zero-order valence-corrected chi connectivity index (χ0v) is 12.6. The molecule has 0 bridgehead atoms. The molecule has 0 saturated heterocycles. The molecule has 0 fully saturated rings. The van der Waals surface area contributed by atoms with Gasteiger partial charge in [-0.1, -0.05) is 33.6 Å². The molecule has 3 rings (SSSR count). The number of aryl methyl sites for hydroxylation is 2. The second kappa shape index (κ2) is 3.98. The van der Waals surface area contributed by atoms with Crippen LogP contribution in [0.2, 0.25) is 5.02 Å². The average molecular weight is 326 g/mol. The van der Waals surface area contributed by atoms with Gasteiger partial charge in [-0.25, -0.2) is 0 Å². The third-order valence-electron chi connectivity index (χ3n) is 3.07. The van der Waals surface area contributed by atoms with Crippen molar-refractivity contribution in [3.8, 4) is 0 Å². The minimum absolute atomic E-state index is 0.803. The molecule has 0 aliphatic rings. The second-order valence-electron chi connectivity index (χ2n) is 4.25. The van der Waals surface area contributed by atoms with E-state index >= 15 is 0 Å². The van der Waals surface area contributed by atoms with Gasteiger partial charge in [0.2, 0.25) is 0 Å². The number of rotatable bonds is 0. The quantitative estimate of drug-likeness (QED) is 0.469. The predicted molar refractivity (Wildman–Crippen MR) is 81.5 cm³/mol. The summed E-state index contributed by atoms with van der Waals surface area (Å²) in [6.07, 6.45) is 0. The Balaban J connectivity index is 2.56. The molecule has 0 unspecified atom stereocenters. The lowest BCUT2D eigenvalue weighted by molar-refractivity contribution is 1.40. The highest BCUT2D eigenvalue weighted by molar-refractivity contribution is 9.10. The van der Waals surface area contributed by atoms with Crippen LogP contribution in [-0.2, 0) is 0 Å². The third kappa shape index (κ3) is 1.70. The fourth-order valence-corrected chi connectivity index (χ4v) is 4.10. The van der Waals surface area contributed by atoms with Crippen molar-refractivity contribution in [2.75, 3.05) is 0 Å². The van der Waals surface area contributed by atoms with Crippen LogP contribution in [-0.4, -0.2) is 0 Å². The third-order valence-corrected chi connectivity index (χ3v) is 5.81. The fraction of sp³-hybridized carbons (Fsp3) is 0.143. The van der Waals surface area contributed by atoms with Gasteiger partial charge in [-0.2, -0.15) is 0 Å². The first-order valence-corrected chi connectivity index (χ1v) is 7.34. The summed E-state index contributed by atoms with van der Waals surface area (Å²) < 4.78 is 3.82. The van der Waals surface area contributed by atoms with Crippen LogP contribution in [0.4, 0.5) is 0 Å². The topological polar surface area (TPSA) is 0 Å². The molecule has 0 atom stereocenters. The lowest BCUT2D eigenvalue weighted by Crippen LogP contribution is -1.81. The molecule has 0 amide bonds. The van der Waals surface area contributed by atoms with Crippen LogP contribution in [0.25, 0.3) is 20.2 Å². The average Bonchev–Trinajstić information content (AvgIpc) is 2.64. The van der Waals surface area contributed by atoms with E-state index in [0.717, 1.165) is 5.02 Å². The SMILES string of the molecule is Cc1cc2c(sc3cc(Cl)ccc32)c(C)c1Br. The van der Waals surface area contributed by atoms with E-state index in [1.165, 1.54) is 35.8 Å². The van der Waals surface area contributed by atoms with Gasteiger partial charge in [0.25, 0.3) is 0 Å². The molecule has 3 aromatic rings. The van der Waals surface area contributed by atoms with E-state index in [0.29, 0.717) is 0 Å². The van der Waals surface area contributed by atoms with Crippen LogP contribution >= 0.6 is 38.9 Å². The molecule has 0 aliphatic heterocycles. The van der Waals surface area contributed by atoms with E-state index in [-0.39, 0.29) is 0 Å². The van der Waals surface area contributed by atoms with Gasteiger partial charge in [-0.15, -0.1) is 11.3 Å². The maximum Gasteiger partial charge on any atom is 0.0420 e. The number of benzene rings is 2. The minimum Gasteiger partial charge on any atom is -0.135 e. The van der Waals surface area contributed by atoms with Gasteiger partial charge in [-0.3, -0.25) is 0 Å². The smallest absolute Gasteiger partial charge is 0.0420 e. The van der Waals surface area contributed by atoms with Crippen LogP contribution < -0.4 is 0 Å². The Labute approximate surface area is 117 Å². The highest BCUT2D eigenvalue weighted by Gasteiger charge is 2.11. The van der Waals surface area contributed by atoms with E-state index in [1.807, 2.05) is 23.5 Å². The molecule has 0 nitrogen and oxygen atoms in total. The summed E-state index contributed by atoms with van der Waals surface area (Å²) in [7, 11) is 0. The Kier molecular flexibility index (Phi) is 2.69. The largest absolute Gasteiger partial charge is 0.135 e. The molecule has 0 radical (unpaired) electrons. The van der Waals surface area contributed by atoms with Crippen LogP contribution in [0, 0.1) is 13.8 Å². The molecule has 17 heavy (non-hydrogen) atoms. The van der Waals surface area contributed by atoms with Gasteiger partial charge < -0.3 is 0 Å². The van der Waals surface area contributed by atoms with Crippen molar-refractivity contribution < 1.29 is 0 Å². The van der Waals surface area contributed by atoms with E-state index in [2.05, 4.69) is 41.9 Å². The Morgan fingerprint density at radius 2 is 1.88 bits per heavy atom. The van der Waals surface area contributed by atoms with Gasteiger partial charge in [0.05, 0.1) is 0 Å². The lowest BCUT2D eigenvalue weighted by atomic mass is 10.1. The van der Waals surface area contributed by atoms with Crippen molar-refractivity contribution in [3.05, 3.63) is 44.9 Å². The molecule has 0 spiro atoms. The van der Waals surface area contributed by atoms with Crippen LogP contribution in [0.15, 0.2) is 28.7 Å². The van der Waals surface area contributed by atoms with Gasteiger partial charge in [-0.05, 0) is 43.2 Å². The standard InChI is InChI=1S/C14H10BrClS/c1-7-5-11-10-4-3-9(16)6-12(10)17-14(11)8(2)13(7)15/h3-6H,1-2H3. The molecule has 0 saturated carbocycles. The minimum atomic E-state index is 0.803. The Hall–Kier alpha value is -0.570. The summed E-state index contributed by atoms with van der Waals surface area (Å²) in [6.45, 7) is 4.30. The summed E-state index contributed by atoms with van der Waals surface area (Å²) in [6, 6.07) is 8.37. The van der Waals surface area contributed by atoms with Crippen molar-refractivity contribution in [2.24, 2.45) is 0 Å². The normalized spacial score (nSPS) is 11.5. The number of halogens is 2. The van der Waals surface area contributed by atoms with Gasteiger partial charge in [0, 0.05) is 29.7 Å². The fourth-order valence-electron chi connectivity index (χ4n) is 2.19. The lowest BCUT2D eigenvalue weighted by Gasteiger charge is -2.04. The first-order valence-electron chi connectivity index (χ1n) is 5.35. The summed E-state index contributed by atoms with van der Waals surface area (Å²) >= 11 is 11.5. The maximum atomic E-state index is 6.05. The monoisotopic (exact) mass is 324 g/mol. The Bertz CT molecular complexity index is 743. The number of fused-ring (bicyclic) bond motifs is 3. The first kappa shape index (κ1) is 11.5. The predicted octanol–water partition coefficient (Wildman–Crippen LogP) is 6.09. The van der Waals surface area contributed by atoms with Crippen molar-refractivity contribution >= 4 is 59.0 Å². The summed E-state index contributed by atoms with van der Waals surface area (Å²) in [5.74, 6) is 0. The Morgan fingerprint density at radius 3 is 2.65 bits per heavy atom. The molecule has 3 heteroatoms. The van der Waals surface area contributed by atoms with Crippen molar-refractivity contribution in [2.45, 2.75) is 13.8 Å². The van der Waals surface area contributed by atoms with Crippen LogP contribution in [0.5, 0.6) is 0 Å². The number of thiophene rings is 1. The van der Waals surface area contributed by atoms with Gasteiger partial charge in [0.1, 0.15) is 0 Å². The van der Waals surface area contributed by atoms with Crippen LogP contribution in [0.3, 0.4) is 0 Å². The summed E-state index contributed by atoms with van der Waals surface area (Å²) in [5, 5.41) is 3.44. The zero-order valence-electron chi connectivity index (χ0n) is 9.47.